The van der Waals surface area contributed by atoms with Gasteiger partial charge in [-0.2, -0.15) is 26.3 Å². The van der Waals surface area contributed by atoms with Gasteiger partial charge in [0.15, 0.2) is 0 Å². The third-order valence-corrected chi connectivity index (χ3v) is 3.94. The van der Waals surface area contributed by atoms with Crippen LogP contribution >= 0.6 is 0 Å². The molecule has 1 heterocycles. The van der Waals surface area contributed by atoms with Crippen molar-refractivity contribution in [2.75, 3.05) is 6.61 Å². The van der Waals surface area contributed by atoms with Crippen molar-refractivity contribution in [2.24, 2.45) is 5.92 Å². The summed E-state index contributed by atoms with van der Waals surface area (Å²) in [7, 11) is 0. The largest absolute Gasteiger partial charge is 0.466 e. The fourth-order valence-electron chi connectivity index (χ4n) is 2.69. The molecule has 3 atom stereocenters. The van der Waals surface area contributed by atoms with Crippen LogP contribution in [0.5, 0.6) is 0 Å². The molecule has 1 aromatic rings. The Morgan fingerprint density at radius 1 is 1.19 bits per heavy atom. The average Bonchev–Trinajstić information content (AvgIpc) is 2.52. The third kappa shape index (κ3) is 3.94. The topological polar surface area (TPSA) is 87.7 Å². The number of hydrogen-bond donors (Lipinski definition) is 3. The molecular weight excluding hydrogens is 386 g/mol. The minimum Gasteiger partial charge on any atom is -0.466 e. The van der Waals surface area contributed by atoms with Crippen LogP contribution in [0.4, 0.5) is 31.1 Å². The lowest BCUT2D eigenvalue weighted by molar-refractivity contribution is -0.294. The molecule has 12 heteroatoms. The van der Waals surface area contributed by atoms with E-state index in [1.807, 2.05) is 5.32 Å². The van der Waals surface area contributed by atoms with Gasteiger partial charge < -0.3 is 20.5 Å². The maximum atomic E-state index is 13.4. The van der Waals surface area contributed by atoms with Crippen LogP contribution in [0.3, 0.4) is 0 Å². The zero-order chi connectivity index (χ0) is 20.6. The molecule has 0 aromatic heterocycles. The Morgan fingerprint density at radius 3 is 2.19 bits per heavy atom. The van der Waals surface area contributed by atoms with Crippen molar-refractivity contribution >= 4 is 12.0 Å². The van der Waals surface area contributed by atoms with Crippen molar-refractivity contribution in [3.63, 3.8) is 0 Å². The SMILES string of the molecule is CCOC(=O)[C@@H]1[C@@H](c2ccc(C(F)(F)F)cc2)NC(=O)N[C@]1(O)C(F)(F)F. The molecule has 150 valence electrons. The Morgan fingerprint density at radius 2 is 1.74 bits per heavy atom. The summed E-state index contributed by atoms with van der Waals surface area (Å²) in [6, 6.07) is -0.465. The second-order valence-electron chi connectivity index (χ2n) is 5.69. The highest BCUT2D eigenvalue weighted by molar-refractivity contribution is 5.83. The summed E-state index contributed by atoms with van der Waals surface area (Å²) in [5, 5.41) is 13.3. The first-order valence-corrected chi connectivity index (χ1v) is 7.53. The second-order valence-corrected chi connectivity index (χ2v) is 5.69. The monoisotopic (exact) mass is 400 g/mol. The quantitative estimate of drug-likeness (QED) is 0.538. The molecule has 1 fully saturated rings. The van der Waals surface area contributed by atoms with E-state index in [0.29, 0.717) is 12.1 Å². The van der Waals surface area contributed by atoms with Crippen LogP contribution in [0, 0.1) is 5.92 Å². The van der Waals surface area contributed by atoms with Crippen LogP contribution in [0.15, 0.2) is 24.3 Å². The molecule has 27 heavy (non-hydrogen) atoms. The molecule has 0 aliphatic carbocycles. The molecule has 0 unspecified atom stereocenters. The lowest BCUT2D eigenvalue weighted by Crippen LogP contribution is -2.73. The number of hydrogen-bond acceptors (Lipinski definition) is 4. The van der Waals surface area contributed by atoms with Crippen LogP contribution in [-0.4, -0.2) is 35.6 Å². The molecule has 3 N–H and O–H groups in total. The summed E-state index contributed by atoms with van der Waals surface area (Å²) in [6.07, 6.45) is -10.2. The summed E-state index contributed by atoms with van der Waals surface area (Å²) in [6.45, 7) is 0.990. The van der Waals surface area contributed by atoms with Crippen LogP contribution in [0.1, 0.15) is 24.1 Å². The van der Waals surface area contributed by atoms with E-state index >= 15 is 0 Å². The molecule has 1 aliphatic rings. The van der Waals surface area contributed by atoms with Gasteiger partial charge in [0.2, 0.25) is 0 Å². The van der Waals surface area contributed by atoms with Gasteiger partial charge in [0.1, 0.15) is 5.92 Å². The van der Waals surface area contributed by atoms with Gasteiger partial charge in [0, 0.05) is 0 Å². The van der Waals surface area contributed by atoms with Crippen molar-refractivity contribution in [1.29, 1.82) is 0 Å². The van der Waals surface area contributed by atoms with Gasteiger partial charge in [-0.05, 0) is 24.6 Å². The number of rotatable bonds is 3. The number of ether oxygens (including phenoxy) is 1. The van der Waals surface area contributed by atoms with E-state index in [2.05, 4.69) is 4.74 Å². The van der Waals surface area contributed by atoms with E-state index in [0.717, 1.165) is 12.1 Å². The number of halogens is 6. The van der Waals surface area contributed by atoms with Crippen LogP contribution in [0.25, 0.3) is 0 Å². The first kappa shape index (κ1) is 20.8. The lowest BCUT2D eigenvalue weighted by atomic mass is 9.82. The molecule has 0 saturated carbocycles. The fraction of sp³-hybridized carbons (Fsp3) is 0.467. The van der Waals surface area contributed by atoms with Gasteiger partial charge in [0.05, 0.1) is 18.2 Å². The molecule has 2 amide bonds. The predicted molar refractivity (Wildman–Crippen MR) is 77.0 cm³/mol. The first-order chi connectivity index (χ1) is 12.3. The van der Waals surface area contributed by atoms with E-state index in [-0.39, 0.29) is 12.2 Å². The van der Waals surface area contributed by atoms with E-state index in [1.165, 1.54) is 12.2 Å². The molecule has 0 bridgehead atoms. The number of urea groups is 1. The number of carbonyl (C=O) groups excluding carboxylic acids is 2. The second kappa shape index (κ2) is 6.91. The zero-order valence-electron chi connectivity index (χ0n) is 13.6. The number of esters is 1. The van der Waals surface area contributed by atoms with E-state index in [1.54, 1.807) is 0 Å². The molecule has 2 rings (SSSR count). The standard InChI is InChI=1S/C15H14F6N2O4/c1-2-27-11(24)9-10(7-3-5-8(6-4-7)14(16,17)18)22-12(25)23-13(9,26)15(19,20)21/h3-6,9-10,26H,2H2,1H3,(H2,22,23,25)/t9-,10+,13+/m0/s1. The smallest absolute Gasteiger partial charge is 0.437 e. The first-order valence-electron chi connectivity index (χ1n) is 7.53. The Labute approximate surface area is 148 Å². The van der Waals surface area contributed by atoms with Gasteiger partial charge in [-0.3, -0.25) is 4.79 Å². The maximum Gasteiger partial charge on any atom is 0.437 e. The number of carbonyl (C=O) groups is 2. The van der Waals surface area contributed by atoms with Crippen molar-refractivity contribution in [3.05, 3.63) is 35.4 Å². The summed E-state index contributed by atoms with van der Waals surface area (Å²) in [5.41, 5.74) is -5.31. The molecule has 1 aliphatic heterocycles. The summed E-state index contributed by atoms with van der Waals surface area (Å²) in [5.74, 6) is -3.89. The van der Waals surface area contributed by atoms with Crippen molar-refractivity contribution in [3.8, 4) is 0 Å². The summed E-state index contributed by atoms with van der Waals surface area (Å²) in [4.78, 5) is 23.8. The molecule has 1 aromatic carbocycles. The summed E-state index contributed by atoms with van der Waals surface area (Å²) < 4.78 is 82.8. The Balaban J connectivity index is 2.53. The highest BCUT2D eigenvalue weighted by Gasteiger charge is 2.67. The van der Waals surface area contributed by atoms with Crippen molar-refractivity contribution in [2.45, 2.75) is 31.0 Å². The Kier molecular flexibility index (Phi) is 5.32. The van der Waals surface area contributed by atoms with Gasteiger partial charge in [-0.25, -0.2) is 4.79 Å². The van der Waals surface area contributed by atoms with Gasteiger partial charge in [0.25, 0.3) is 5.72 Å². The minimum atomic E-state index is -5.47. The lowest BCUT2D eigenvalue weighted by Gasteiger charge is -2.44. The number of amides is 2. The molecule has 1 saturated heterocycles. The van der Waals surface area contributed by atoms with Gasteiger partial charge >= 0.3 is 24.4 Å². The molecule has 0 spiro atoms. The Bertz CT molecular complexity index is 719. The summed E-state index contributed by atoms with van der Waals surface area (Å²) >= 11 is 0. The number of alkyl halides is 6. The van der Waals surface area contributed by atoms with Crippen LogP contribution < -0.4 is 10.6 Å². The molecule has 6 nitrogen and oxygen atoms in total. The highest BCUT2D eigenvalue weighted by atomic mass is 19.4. The molecule has 0 radical (unpaired) electrons. The number of nitrogens with one attached hydrogen (secondary N) is 2. The molecular formula is C15H14F6N2O4. The zero-order valence-corrected chi connectivity index (χ0v) is 13.6. The maximum absolute atomic E-state index is 13.4. The third-order valence-electron chi connectivity index (χ3n) is 3.94. The van der Waals surface area contributed by atoms with E-state index in [9.17, 15) is 41.0 Å². The van der Waals surface area contributed by atoms with Crippen molar-refractivity contribution in [1.82, 2.24) is 10.6 Å². The number of aliphatic hydroxyl groups is 1. The normalized spacial score (nSPS) is 26.1. The highest BCUT2D eigenvalue weighted by Crippen LogP contribution is 2.43. The average molecular weight is 400 g/mol. The van der Waals surface area contributed by atoms with E-state index in [4.69, 9.17) is 0 Å². The van der Waals surface area contributed by atoms with Crippen LogP contribution in [0.2, 0.25) is 0 Å². The van der Waals surface area contributed by atoms with Gasteiger partial charge in [-0.15, -0.1) is 0 Å². The van der Waals surface area contributed by atoms with E-state index < -0.39 is 47.6 Å². The Hall–Kier alpha value is -2.50. The minimum absolute atomic E-state index is 0.251. The van der Waals surface area contributed by atoms with Crippen LogP contribution in [-0.2, 0) is 15.7 Å². The fourth-order valence-corrected chi connectivity index (χ4v) is 2.69. The number of benzene rings is 1. The van der Waals surface area contributed by atoms with Gasteiger partial charge in [-0.1, -0.05) is 12.1 Å². The van der Waals surface area contributed by atoms with Crippen molar-refractivity contribution < 1.29 is 45.8 Å². The predicted octanol–water partition coefficient (Wildman–Crippen LogP) is 2.49.